The molecule has 0 aromatic rings. The highest BCUT2D eigenvalue weighted by molar-refractivity contribution is 4.67. The molecule has 0 rings (SSSR count). The molecule has 0 heterocycles. The summed E-state index contributed by atoms with van der Waals surface area (Å²) in [5.41, 5.74) is 0. The molecule has 0 radical (unpaired) electrons. The minimum atomic E-state index is -1.07. The lowest BCUT2D eigenvalue weighted by atomic mass is 10.4. The fourth-order valence-corrected chi connectivity index (χ4v) is 4.59. The van der Waals surface area contributed by atoms with Crippen molar-refractivity contribution in [3.63, 3.8) is 0 Å². The fourth-order valence-electron chi connectivity index (χ4n) is 4.59. The molecule has 368 valence electrons. The van der Waals surface area contributed by atoms with Gasteiger partial charge >= 0.3 is 0 Å². The molecule has 0 aliphatic heterocycles. The molecule has 61 heavy (non-hydrogen) atoms. The maximum absolute atomic E-state index is 12.3. The van der Waals surface area contributed by atoms with E-state index in [2.05, 4.69) is 54.6 Å². The second-order valence-corrected chi connectivity index (χ2v) is 11.8. The first-order valence-electron chi connectivity index (χ1n) is 18.7. The second-order valence-electron chi connectivity index (χ2n) is 11.8. The lowest BCUT2D eigenvalue weighted by molar-refractivity contribution is -0.453. The van der Waals surface area contributed by atoms with E-state index < -0.39 is 44.2 Å². The van der Waals surface area contributed by atoms with Gasteiger partial charge in [-0.25, -0.2) is 0 Å². The number of hydrogen-bond acceptors (Lipinski definition) is 22. The summed E-state index contributed by atoms with van der Waals surface area (Å²) in [5, 5.41) is 9.37. The van der Waals surface area contributed by atoms with Crippen LogP contribution in [-0.2, 0) is 97.3 Å². The molecule has 0 aliphatic carbocycles. The van der Waals surface area contributed by atoms with Gasteiger partial charge in [0.2, 0.25) is 0 Å². The molecule has 30 heteroatoms. The molecule has 0 aromatic carbocycles. The quantitative estimate of drug-likeness (QED) is 0.0283. The van der Waals surface area contributed by atoms with Gasteiger partial charge in [0.15, 0.2) is 0 Å². The zero-order valence-electron chi connectivity index (χ0n) is 33.5. The van der Waals surface area contributed by atoms with Crippen molar-refractivity contribution in [3.8, 4) is 0 Å². The van der Waals surface area contributed by atoms with Crippen molar-refractivity contribution in [1.29, 1.82) is 0 Å². The van der Waals surface area contributed by atoms with Gasteiger partial charge in [-0.15, -0.1) is 0 Å². The summed E-state index contributed by atoms with van der Waals surface area (Å²) in [4.78, 5) is 33.9. The van der Waals surface area contributed by atoms with E-state index in [1.165, 1.54) is 0 Å². The van der Waals surface area contributed by atoms with Crippen LogP contribution in [0.2, 0.25) is 0 Å². The van der Waals surface area contributed by atoms with Crippen LogP contribution >= 0.6 is 0 Å². The molecule has 0 saturated heterocycles. The van der Waals surface area contributed by atoms with Crippen molar-refractivity contribution in [2.45, 2.75) is 24.4 Å². The number of rotatable bonds is 52. The third-order valence-electron chi connectivity index (χ3n) is 7.38. The van der Waals surface area contributed by atoms with Crippen LogP contribution in [0.5, 0.6) is 0 Å². The zero-order chi connectivity index (χ0) is 44.7. The summed E-state index contributed by atoms with van der Waals surface area (Å²) >= 11 is 0. The molecular formula is C31H58F8N2O20. The molecule has 0 spiro atoms. The first-order chi connectivity index (χ1) is 30.0. The minimum absolute atomic E-state index is 0.0331. The van der Waals surface area contributed by atoms with Gasteiger partial charge in [-0.3, -0.25) is 9.80 Å². The van der Waals surface area contributed by atoms with Crippen molar-refractivity contribution >= 4 is 0 Å². The third kappa shape index (κ3) is 39.9. The first-order valence-corrected chi connectivity index (χ1v) is 18.7. The van der Waals surface area contributed by atoms with Crippen LogP contribution in [0.4, 0.5) is 36.2 Å². The summed E-state index contributed by atoms with van der Waals surface area (Å²) in [6, 6.07) is 0. The molecule has 0 bridgehead atoms. The van der Waals surface area contributed by atoms with Gasteiger partial charge in [0.25, 0.3) is 0 Å². The van der Waals surface area contributed by atoms with Gasteiger partial charge in [-0.2, -0.15) is 39.4 Å². The van der Waals surface area contributed by atoms with Crippen LogP contribution in [0.3, 0.4) is 0 Å². The van der Waals surface area contributed by atoms with Crippen molar-refractivity contribution in [3.05, 3.63) is 0 Å². The van der Waals surface area contributed by atoms with Gasteiger partial charge in [0.05, 0.1) is 99.2 Å². The predicted molar refractivity (Wildman–Crippen MR) is 181 cm³/mol. The average molecular weight is 931 g/mol. The lowest BCUT2D eigenvalue weighted by Crippen LogP contribution is -2.45. The van der Waals surface area contributed by atoms with Gasteiger partial charge in [0.1, 0.15) is 77.3 Å². The summed E-state index contributed by atoms with van der Waals surface area (Å²) in [6.45, 7) is -3.45. The van der Waals surface area contributed by atoms with Crippen LogP contribution in [0.1, 0.15) is 0 Å². The Morgan fingerprint density at radius 3 is 0.738 bits per heavy atom. The topological polar surface area (TPSA) is 191 Å². The Labute approximate surface area is 346 Å². The number of halogens is 8. The smallest absolute Gasteiger partial charge is 0.114 e. The van der Waals surface area contributed by atoms with E-state index in [0.717, 1.165) is 0 Å². The predicted octanol–water partition coefficient (Wildman–Crippen LogP) is 2.18. The molecule has 0 aromatic heterocycles. The molecule has 0 N–H and O–H groups in total. The van der Waals surface area contributed by atoms with Crippen LogP contribution < -0.4 is 0 Å². The maximum atomic E-state index is 12.3. The normalized spacial score (nSPS) is 12.7. The first kappa shape index (κ1) is 59.6. The Balaban J connectivity index is 6.10. The highest BCUT2D eigenvalue weighted by Crippen LogP contribution is 2.06. The van der Waals surface area contributed by atoms with Crippen LogP contribution in [-0.4, -0.2) is 212 Å². The zero-order valence-corrected chi connectivity index (χ0v) is 33.5. The van der Waals surface area contributed by atoms with Gasteiger partial charge in [-0.1, -0.05) is 0 Å². The van der Waals surface area contributed by atoms with Crippen molar-refractivity contribution in [2.75, 3.05) is 178 Å². The Bertz CT molecular complexity index is 813. The molecule has 0 amide bonds. The van der Waals surface area contributed by atoms with Gasteiger partial charge in [-0.05, 0) is 51.5 Å². The molecule has 1 atom stereocenters. The molecule has 22 nitrogen and oxygen atoms in total. The maximum Gasteiger partial charge on any atom is 0.114 e. The van der Waals surface area contributed by atoms with Crippen molar-refractivity contribution in [2.24, 2.45) is 0 Å². The Kier molecular flexibility index (Phi) is 46.9. The van der Waals surface area contributed by atoms with Crippen LogP contribution in [0.25, 0.3) is 0 Å². The lowest BCUT2D eigenvalue weighted by Gasteiger charge is -2.32. The minimum Gasteiger partial charge on any atom is -0.376 e. The monoisotopic (exact) mass is 930 g/mol. The number of nitrogens with zero attached hydrogens (tertiary/aromatic N) is 2. The van der Waals surface area contributed by atoms with E-state index in [1.54, 1.807) is 4.90 Å². The molecule has 0 aliphatic rings. The van der Waals surface area contributed by atoms with Crippen LogP contribution in [0, 0.1) is 0 Å². The average Bonchev–Trinajstić information content (AvgIpc) is 3.27. The fraction of sp³-hybridized carbons (Fsp3) is 1.00. The largest absolute Gasteiger partial charge is 0.376 e. The summed E-state index contributed by atoms with van der Waals surface area (Å²) in [5.74, 6) is 0. The number of ether oxygens (including phenoxy) is 9. The summed E-state index contributed by atoms with van der Waals surface area (Å²) < 4.78 is 147. The summed E-state index contributed by atoms with van der Waals surface area (Å²) in [6.07, 6.45) is -3.37. The van der Waals surface area contributed by atoms with Crippen molar-refractivity contribution < 1.29 is 133 Å². The van der Waals surface area contributed by atoms with E-state index >= 15 is 0 Å². The molecular weight excluding hydrogens is 872 g/mol. The second kappa shape index (κ2) is 48.0. The molecule has 0 saturated carbocycles. The number of hydrogen-bond donors (Lipinski definition) is 0. The highest BCUT2D eigenvalue weighted by atomic mass is 19.3. The van der Waals surface area contributed by atoms with E-state index in [1.807, 2.05) is 4.90 Å². The van der Waals surface area contributed by atoms with E-state index in [-0.39, 0.29) is 158 Å². The van der Waals surface area contributed by atoms with E-state index in [0.29, 0.717) is 0 Å². The summed E-state index contributed by atoms with van der Waals surface area (Å²) in [7, 11) is 0. The Morgan fingerprint density at radius 2 is 0.508 bits per heavy atom. The van der Waals surface area contributed by atoms with Crippen LogP contribution in [0.15, 0.2) is 0 Å². The molecule has 0 fully saturated rings. The molecule has 1 unspecified atom stereocenters. The van der Waals surface area contributed by atoms with E-state index in [4.69, 9.17) is 42.6 Å². The Hall–Kier alpha value is -1.44. The SMILES string of the molecule is FOCCOCC(COCCOF)OCCN(CCOC(COCCOF)COCCOF)CN(CCOC(COCCOF)COOF)CCOC(COOF)COOF. The van der Waals surface area contributed by atoms with E-state index in [9.17, 15) is 36.2 Å². The third-order valence-corrected chi connectivity index (χ3v) is 7.38. The van der Waals surface area contributed by atoms with Gasteiger partial charge in [0, 0.05) is 26.2 Å². The highest BCUT2D eigenvalue weighted by Gasteiger charge is 2.20. The van der Waals surface area contributed by atoms with Gasteiger partial charge < -0.3 is 42.6 Å². The van der Waals surface area contributed by atoms with Crippen molar-refractivity contribution in [1.82, 2.24) is 9.80 Å². The standard InChI is InChI=1S/C31H58F8N2O20/c32-51-14-9-42-19-28(20-43-10-15-52-33)47-5-1-40(2-6-48-29(21-44-11-16-53-34)22-45-12-17-54-35)27-41(4-8-50-31(25-57-60-38)26-58-61-39)3-7-49-30(24-56-59-37)23-46-13-18-55-36/h28-31H,1-27H2. The Morgan fingerprint density at radius 1 is 0.279 bits per heavy atom.